The van der Waals surface area contributed by atoms with Crippen molar-refractivity contribution >= 4 is 23.1 Å². The molecule has 1 atom stereocenters. The number of nitrogens with one attached hydrogen (secondary N) is 1. The average molecular weight is 445 g/mol. The van der Waals surface area contributed by atoms with Gasteiger partial charge in [0.15, 0.2) is 0 Å². The number of hydrogen-bond acceptors (Lipinski definition) is 7. The molecule has 3 N–H and O–H groups in total. The number of ether oxygens (including phenoxy) is 1. The first kappa shape index (κ1) is 22.3. The number of anilines is 1. The standard InChI is InChI=1S/C25H28N6O2/c1-16(30-26)25-21-8-7-18(19-14-28-31(2)15-19)13-22(21)23(9-10-27-25)29-20-6-4-5-17(11-20)12-24(32)33-3/h4-8,11,13-15,23,29H,9-10,12,26H2,1-3H3. The van der Waals surface area contributed by atoms with Gasteiger partial charge in [-0.25, -0.2) is 0 Å². The minimum Gasteiger partial charge on any atom is -0.469 e. The summed E-state index contributed by atoms with van der Waals surface area (Å²) >= 11 is 0. The van der Waals surface area contributed by atoms with Crippen molar-refractivity contribution < 1.29 is 9.53 Å². The third kappa shape index (κ3) is 4.95. The number of esters is 1. The molecule has 0 radical (unpaired) electrons. The summed E-state index contributed by atoms with van der Waals surface area (Å²) in [4.78, 5) is 16.5. The second-order valence-corrected chi connectivity index (χ2v) is 8.09. The van der Waals surface area contributed by atoms with Crippen LogP contribution in [0.15, 0.2) is 65.0 Å². The highest BCUT2D eigenvalue weighted by Crippen LogP contribution is 2.33. The van der Waals surface area contributed by atoms with E-state index in [0.29, 0.717) is 12.3 Å². The van der Waals surface area contributed by atoms with Crippen LogP contribution < -0.4 is 11.2 Å². The van der Waals surface area contributed by atoms with Crippen LogP contribution in [-0.2, 0) is 23.0 Å². The van der Waals surface area contributed by atoms with Gasteiger partial charge in [0.1, 0.15) is 0 Å². The summed E-state index contributed by atoms with van der Waals surface area (Å²) in [6, 6.07) is 14.2. The molecule has 1 aliphatic heterocycles. The summed E-state index contributed by atoms with van der Waals surface area (Å²) in [7, 11) is 3.31. The summed E-state index contributed by atoms with van der Waals surface area (Å²) in [5.41, 5.74) is 7.60. The topological polar surface area (TPSA) is 107 Å². The quantitative estimate of drug-likeness (QED) is 0.262. The number of nitrogens with two attached hydrogens (primary N) is 1. The maximum Gasteiger partial charge on any atom is 0.309 e. The average Bonchev–Trinajstić information content (AvgIpc) is 3.18. The number of fused-ring (bicyclic) bond motifs is 1. The van der Waals surface area contributed by atoms with Crippen LogP contribution in [-0.4, -0.2) is 40.8 Å². The number of aryl methyl sites for hydroxylation is 1. The maximum absolute atomic E-state index is 11.7. The highest BCUT2D eigenvalue weighted by atomic mass is 16.5. The molecule has 4 rings (SSSR count). The third-order valence-electron chi connectivity index (χ3n) is 5.79. The van der Waals surface area contributed by atoms with Crippen LogP contribution in [0.1, 0.15) is 36.1 Å². The number of hydrogen-bond donors (Lipinski definition) is 2. The fourth-order valence-electron chi connectivity index (χ4n) is 4.09. The van der Waals surface area contributed by atoms with Gasteiger partial charge in [-0.3, -0.25) is 14.5 Å². The third-order valence-corrected chi connectivity index (χ3v) is 5.79. The lowest BCUT2D eigenvalue weighted by atomic mass is 9.91. The molecule has 2 aromatic carbocycles. The van der Waals surface area contributed by atoms with Crippen LogP contribution in [0.3, 0.4) is 0 Å². The fraction of sp³-hybridized carbons (Fsp3) is 0.280. The van der Waals surface area contributed by atoms with Crippen LogP contribution >= 0.6 is 0 Å². The highest BCUT2D eigenvalue weighted by Gasteiger charge is 2.24. The van der Waals surface area contributed by atoms with Crippen LogP contribution in [0.5, 0.6) is 0 Å². The van der Waals surface area contributed by atoms with Crippen LogP contribution in [0.4, 0.5) is 5.69 Å². The molecule has 0 saturated heterocycles. The Kier molecular flexibility index (Phi) is 6.53. The maximum atomic E-state index is 11.7. The number of nitrogens with zero attached hydrogens (tertiary/aromatic N) is 4. The van der Waals surface area contributed by atoms with E-state index in [2.05, 4.69) is 33.7 Å². The van der Waals surface area contributed by atoms with Crippen molar-refractivity contribution in [1.29, 1.82) is 0 Å². The van der Waals surface area contributed by atoms with E-state index in [1.54, 1.807) is 4.68 Å². The summed E-state index contributed by atoms with van der Waals surface area (Å²) in [6.07, 6.45) is 4.89. The van der Waals surface area contributed by atoms with Crippen LogP contribution in [0.2, 0.25) is 0 Å². The van der Waals surface area contributed by atoms with Crippen molar-refractivity contribution in [2.24, 2.45) is 23.0 Å². The van der Waals surface area contributed by atoms with Crippen molar-refractivity contribution in [2.75, 3.05) is 19.0 Å². The molecule has 8 nitrogen and oxygen atoms in total. The zero-order valence-corrected chi connectivity index (χ0v) is 19.1. The normalized spacial score (nSPS) is 15.9. The zero-order valence-electron chi connectivity index (χ0n) is 19.1. The molecule has 0 saturated carbocycles. The SMILES string of the molecule is COC(=O)Cc1cccc(NC2CCN=C(C(C)=NN)c3ccc(-c4cnn(C)c4)cc32)c1. The van der Waals surface area contributed by atoms with Crippen LogP contribution in [0, 0.1) is 0 Å². The number of rotatable bonds is 6. The molecular formula is C25H28N6O2. The Labute approximate surface area is 193 Å². The summed E-state index contributed by atoms with van der Waals surface area (Å²) in [6.45, 7) is 2.51. The summed E-state index contributed by atoms with van der Waals surface area (Å²) in [5, 5.41) is 11.9. The van der Waals surface area contributed by atoms with Crippen molar-refractivity contribution in [3.05, 3.63) is 71.5 Å². The van der Waals surface area contributed by atoms with E-state index < -0.39 is 0 Å². The van der Waals surface area contributed by atoms with E-state index in [1.165, 1.54) is 7.11 Å². The number of carbonyl (C=O) groups is 1. The van der Waals surface area contributed by atoms with E-state index in [-0.39, 0.29) is 18.4 Å². The minimum absolute atomic E-state index is 0.0109. The van der Waals surface area contributed by atoms with Gasteiger partial charge < -0.3 is 15.9 Å². The van der Waals surface area contributed by atoms with E-state index in [9.17, 15) is 4.79 Å². The van der Waals surface area contributed by atoms with Gasteiger partial charge in [0.05, 0.1) is 37.2 Å². The second-order valence-electron chi connectivity index (χ2n) is 8.09. The summed E-state index contributed by atoms with van der Waals surface area (Å²) < 4.78 is 6.60. The van der Waals surface area contributed by atoms with Crippen molar-refractivity contribution in [3.63, 3.8) is 0 Å². The Balaban J connectivity index is 1.72. The molecule has 0 bridgehead atoms. The van der Waals surface area contributed by atoms with Gasteiger partial charge in [-0.2, -0.15) is 10.2 Å². The van der Waals surface area contributed by atoms with Gasteiger partial charge in [-0.1, -0.05) is 24.3 Å². The molecule has 170 valence electrons. The molecule has 1 unspecified atom stereocenters. The lowest BCUT2D eigenvalue weighted by molar-refractivity contribution is -0.139. The Morgan fingerprint density at radius 3 is 2.85 bits per heavy atom. The molecule has 33 heavy (non-hydrogen) atoms. The zero-order chi connectivity index (χ0) is 23.4. The van der Waals surface area contributed by atoms with Gasteiger partial charge in [0.25, 0.3) is 0 Å². The van der Waals surface area contributed by atoms with Gasteiger partial charge in [0, 0.05) is 36.6 Å². The number of methoxy groups -OCH3 is 1. The first-order chi connectivity index (χ1) is 16.0. The fourth-order valence-corrected chi connectivity index (χ4v) is 4.09. The van der Waals surface area contributed by atoms with Crippen molar-refractivity contribution in [2.45, 2.75) is 25.8 Å². The molecule has 0 spiro atoms. The lowest BCUT2D eigenvalue weighted by Crippen LogP contribution is -2.18. The number of aromatic nitrogens is 2. The number of carbonyl (C=O) groups excluding carboxylic acids is 1. The van der Waals surface area contributed by atoms with Gasteiger partial charge in [0.2, 0.25) is 0 Å². The minimum atomic E-state index is -0.261. The van der Waals surface area contributed by atoms with E-state index >= 15 is 0 Å². The van der Waals surface area contributed by atoms with Crippen molar-refractivity contribution in [1.82, 2.24) is 9.78 Å². The summed E-state index contributed by atoms with van der Waals surface area (Å²) in [5.74, 6) is 5.34. The molecule has 1 aromatic heterocycles. The van der Waals surface area contributed by atoms with E-state index in [0.717, 1.165) is 45.6 Å². The number of hydrazone groups is 1. The Morgan fingerprint density at radius 2 is 2.12 bits per heavy atom. The lowest BCUT2D eigenvalue weighted by Gasteiger charge is -2.22. The highest BCUT2D eigenvalue weighted by molar-refractivity contribution is 6.48. The van der Waals surface area contributed by atoms with E-state index in [4.69, 9.17) is 15.6 Å². The molecule has 0 amide bonds. The van der Waals surface area contributed by atoms with Crippen molar-refractivity contribution in [3.8, 4) is 11.1 Å². The predicted octanol–water partition coefficient (Wildman–Crippen LogP) is 3.48. The molecule has 8 heteroatoms. The largest absolute Gasteiger partial charge is 0.469 e. The van der Waals surface area contributed by atoms with Crippen LogP contribution in [0.25, 0.3) is 11.1 Å². The predicted molar refractivity (Wildman–Crippen MR) is 130 cm³/mol. The monoisotopic (exact) mass is 444 g/mol. The Hall–Kier alpha value is -3.94. The molecule has 3 aromatic rings. The number of benzene rings is 2. The first-order valence-electron chi connectivity index (χ1n) is 10.8. The Morgan fingerprint density at radius 1 is 1.27 bits per heavy atom. The molecule has 0 fully saturated rings. The van der Waals surface area contributed by atoms with E-state index in [1.807, 2.05) is 50.6 Å². The molecular weight excluding hydrogens is 416 g/mol. The first-order valence-corrected chi connectivity index (χ1v) is 10.8. The smallest absolute Gasteiger partial charge is 0.309 e. The van der Waals surface area contributed by atoms with Gasteiger partial charge >= 0.3 is 5.97 Å². The molecule has 0 aliphatic carbocycles. The molecule has 1 aliphatic rings. The number of aliphatic imine (C=N–C) groups is 1. The van der Waals surface area contributed by atoms with Gasteiger partial charge in [-0.05, 0) is 48.2 Å². The second kappa shape index (κ2) is 9.68. The molecule has 2 heterocycles. The van der Waals surface area contributed by atoms with Gasteiger partial charge in [-0.15, -0.1) is 0 Å². The Bertz CT molecular complexity index is 1230.